The van der Waals surface area contributed by atoms with Crippen LogP contribution in [0.25, 0.3) is 0 Å². The van der Waals surface area contributed by atoms with Crippen LogP contribution in [0.4, 0.5) is 5.00 Å². The summed E-state index contributed by atoms with van der Waals surface area (Å²) in [6.07, 6.45) is 2.28. The molecule has 6 heteroatoms. The first-order chi connectivity index (χ1) is 12.2. The molecule has 2 heterocycles. The number of nitrogens with zero attached hydrogens (tertiary/aromatic N) is 2. The Hall–Kier alpha value is -1.28. The molecule has 2 aromatic rings. The topological polar surface area (TPSA) is 39.7 Å². The molecule has 0 saturated carbocycles. The number of guanidine groups is 1. The number of hydrogen-bond acceptors (Lipinski definition) is 3. The van der Waals surface area contributed by atoms with Crippen LogP contribution in [0.3, 0.4) is 0 Å². The highest BCUT2D eigenvalue weighted by Gasteiger charge is 2.20. The molecule has 1 saturated heterocycles. The molecule has 0 aliphatic carbocycles. The third-order valence-corrected chi connectivity index (χ3v) is 5.75. The average molecular weight is 484 g/mol. The molecule has 0 radical (unpaired) electrons. The Kier molecular flexibility index (Phi) is 8.21. The molecule has 2 N–H and O–H groups in total. The number of rotatable bonds is 4. The van der Waals surface area contributed by atoms with Crippen molar-refractivity contribution in [2.24, 2.45) is 4.99 Å². The molecule has 1 aliphatic heterocycles. The summed E-state index contributed by atoms with van der Waals surface area (Å²) in [6.45, 7) is 7.31. The lowest BCUT2D eigenvalue weighted by Crippen LogP contribution is -2.48. The normalized spacial score (nSPS) is 15.5. The molecule has 0 unspecified atom stereocenters. The molecule has 1 aromatic heterocycles. The maximum atomic E-state index is 4.40. The van der Waals surface area contributed by atoms with Gasteiger partial charge >= 0.3 is 0 Å². The van der Waals surface area contributed by atoms with Crippen molar-refractivity contribution in [2.75, 3.05) is 25.0 Å². The van der Waals surface area contributed by atoms with Gasteiger partial charge in [0.25, 0.3) is 0 Å². The largest absolute Gasteiger partial charge is 0.363 e. The van der Waals surface area contributed by atoms with Crippen LogP contribution in [0, 0.1) is 13.8 Å². The first-order valence-electron chi connectivity index (χ1n) is 8.97. The first-order valence-corrected chi connectivity index (χ1v) is 9.85. The fourth-order valence-electron chi connectivity index (χ4n) is 3.31. The number of aliphatic imine (C=N–C) groups is 1. The summed E-state index contributed by atoms with van der Waals surface area (Å²) in [5.41, 5.74) is 3.95. The van der Waals surface area contributed by atoms with Crippen LogP contribution in [0.1, 0.15) is 29.5 Å². The minimum Gasteiger partial charge on any atom is -0.363 e. The molecule has 3 rings (SSSR count). The molecule has 0 amide bonds. The molecular weight excluding hydrogens is 455 g/mol. The zero-order valence-corrected chi connectivity index (χ0v) is 18.9. The predicted molar refractivity (Wildman–Crippen MR) is 124 cm³/mol. The van der Waals surface area contributed by atoms with Crippen molar-refractivity contribution in [3.8, 4) is 0 Å². The van der Waals surface area contributed by atoms with E-state index in [9.17, 15) is 0 Å². The summed E-state index contributed by atoms with van der Waals surface area (Å²) >= 11 is 1.83. The quantitative estimate of drug-likeness (QED) is 0.386. The lowest BCUT2D eigenvalue weighted by atomic mass is 10.1. The van der Waals surface area contributed by atoms with E-state index in [-0.39, 0.29) is 24.0 Å². The lowest BCUT2D eigenvalue weighted by Gasteiger charge is -2.33. The van der Waals surface area contributed by atoms with E-state index < -0.39 is 0 Å². The van der Waals surface area contributed by atoms with Gasteiger partial charge in [-0.05, 0) is 55.3 Å². The van der Waals surface area contributed by atoms with Gasteiger partial charge in [0.2, 0.25) is 0 Å². The van der Waals surface area contributed by atoms with Gasteiger partial charge in [-0.1, -0.05) is 23.8 Å². The molecule has 0 bridgehead atoms. The molecule has 0 atom stereocenters. The smallest absolute Gasteiger partial charge is 0.191 e. The minimum absolute atomic E-state index is 0. The maximum Gasteiger partial charge on any atom is 0.191 e. The SMILES string of the molecule is CN=C(NCc1ccc(C)cc1C)NC1CCN(c2cccs2)CC1.I. The summed E-state index contributed by atoms with van der Waals surface area (Å²) in [7, 11) is 1.85. The van der Waals surface area contributed by atoms with Gasteiger partial charge in [0.1, 0.15) is 0 Å². The number of benzene rings is 1. The van der Waals surface area contributed by atoms with E-state index in [0.29, 0.717) is 6.04 Å². The van der Waals surface area contributed by atoms with Crippen LogP contribution in [0.5, 0.6) is 0 Å². The van der Waals surface area contributed by atoms with E-state index in [1.807, 2.05) is 18.4 Å². The summed E-state index contributed by atoms with van der Waals surface area (Å²) < 4.78 is 0. The van der Waals surface area contributed by atoms with Crippen molar-refractivity contribution >= 4 is 46.3 Å². The second kappa shape index (κ2) is 10.2. The van der Waals surface area contributed by atoms with Gasteiger partial charge in [0.15, 0.2) is 5.96 Å². The van der Waals surface area contributed by atoms with E-state index in [2.05, 4.69) is 70.1 Å². The van der Waals surface area contributed by atoms with E-state index in [1.165, 1.54) is 21.7 Å². The Morgan fingerprint density at radius 1 is 1.23 bits per heavy atom. The Bertz CT molecular complexity index is 707. The Labute approximate surface area is 178 Å². The standard InChI is InChI=1S/C20H28N4S.HI/c1-15-6-7-17(16(2)13-15)14-22-20(21-3)23-18-8-10-24(11-9-18)19-5-4-12-25-19;/h4-7,12-13,18H,8-11,14H2,1-3H3,(H2,21,22,23);1H. The monoisotopic (exact) mass is 484 g/mol. The van der Waals surface area contributed by atoms with Crippen LogP contribution >= 0.6 is 35.3 Å². The van der Waals surface area contributed by atoms with Crippen molar-refractivity contribution in [1.82, 2.24) is 10.6 Å². The number of piperidine rings is 1. The Morgan fingerprint density at radius 3 is 2.62 bits per heavy atom. The minimum atomic E-state index is 0. The fourth-order valence-corrected chi connectivity index (χ4v) is 4.09. The van der Waals surface area contributed by atoms with E-state index in [4.69, 9.17) is 0 Å². The van der Waals surface area contributed by atoms with Gasteiger partial charge in [0, 0.05) is 32.7 Å². The van der Waals surface area contributed by atoms with Crippen LogP contribution in [0.2, 0.25) is 0 Å². The molecule has 1 fully saturated rings. The van der Waals surface area contributed by atoms with Gasteiger partial charge in [0.05, 0.1) is 5.00 Å². The molecule has 1 aliphatic rings. The van der Waals surface area contributed by atoms with Gasteiger partial charge < -0.3 is 15.5 Å². The fraction of sp³-hybridized carbons (Fsp3) is 0.450. The van der Waals surface area contributed by atoms with Crippen molar-refractivity contribution in [3.63, 3.8) is 0 Å². The van der Waals surface area contributed by atoms with Crippen molar-refractivity contribution in [3.05, 3.63) is 52.4 Å². The third kappa shape index (κ3) is 5.61. The highest BCUT2D eigenvalue weighted by molar-refractivity contribution is 14.0. The molecule has 26 heavy (non-hydrogen) atoms. The van der Waals surface area contributed by atoms with Gasteiger partial charge in [-0.3, -0.25) is 4.99 Å². The van der Waals surface area contributed by atoms with Crippen LogP contribution in [-0.2, 0) is 6.54 Å². The third-order valence-electron chi connectivity index (χ3n) is 4.82. The molecule has 0 spiro atoms. The number of hydrogen-bond donors (Lipinski definition) is 2. The number of halogens is 1. The zero-order chi connectivity index (χ0) is 17.6. The molecule has 142 valence electrons. The Morgan fingerprint density at radius 2 is 2.00 bits per heavy atom. The molecule has 4 nitrogen and oxygen atoms in total. The van der Waals surface area contributed by atoms with Crippen molar-refractivity contribution in [2.45, 2.75) is 39.3 Å². The molecule has 1 aromatic carbocycles. The summed E-state index contributed by atoms with van der Waals surface area (Å²) in [4.78, 5) is 6.88. The van der Waals surface area contributed by atoms with Gasteiger partial charge in [-0.25, -0.2) is 0 Å². The van der Waals surface area contributed by atoms with E-state index >= 15 is 0 Å². The predicted octanol–water partition coefficient (Wildman–Crippen LogP) is 4.32. The second-order valence-corrected chi connectivity index (χ2v) is 7.64. The maximum absolute atomic E-state index is 4.40. The first kappa shape index (κ1) is 21.0. The molecular formula is C20H29IN4S. The highest BCUT2D eigenvalue weighted by atomic mass is 127. The zero-order valence-electron chi connectivity index (χ0n) is 15.8. The number of aryl methyl sites for hydroxylation is 2. The van der Waals surface area contributed by atoms with Crippen LogP contribution in [-0.4, -0.2) is 32.1 Å². The van der Waals surface area contributed by atoms with Crippen LogP contribution in [0.15, 0.2) is 40.7 Å². The highest BCUT2D eigenvalue weighted by Crippen LogP contribution is 2.24. The summed E-state index contributed by atoms with van der Waals surface area (Å²) in [6, 6.07) is 11.4. The Balaban J connectivity index is 0.00000243. The van der Waals surface area contributed by atoms with E-state index in [1.54, 1.807) is 0 Å². The van der Waals surface area contributed by atoms with E-state index in [0.717, 1.165) is 38.4 Å². The second-order valence-electron chi connectivity index (χ2n) is 6.71. The van der Waals surface area contributed by atoms with Crippen LogP contribution < -0.4 is 15.5 Å². The average Bonchev–Trinajstić information content (AvgIpc) is 3.15. The van der Waals surface area contributed by atoms with Crippen molar-refractivity contribution in [1.29, 1.82) is 0 Å². The number of nitrogens with one attached hydrogen (secondary N) is 2. The summed E-state index contributed by atoms with van der Waals surface area (Å²) in [5.74, 6) is 0.898. The van der Waals surface area contributed by atoms with Gasteiger partial charge in [-0.2, -0.15) is 0 Å². The summed E-state index contributed by atoms with van der Waals surface area (Å²) in [5, 5.41) is 10.6. The van der Waals surface area contributed by atoms with Crippen molar-refractivity contribution < 1.29 is 0 Å². The lowest BCUT2D eigenvalue weighted by molar-refractivity contribution is 0.462. The van der Waals surface area contributed by atoms with Gasteiger partial charge in [-0.15, -0.1) is 35.3 Å². The number of anilines is 1. The number of thiophene rings is 1.